The van der Waals surface area contributed by atoms with Crippen LogP contribution in [0, 0.1) is 5.82 Å². The zero-order chi connectivity index (χ0) is 15.7. The van der Waals surface area contributed by atoms with Gasteiger partial charge in [0.15, 0.2) is 0 Å². The van der Waals surface area contributed by atoms with E-state index in [2.05, 4.69) is 10.4 Å². The Hall–Kier alpha value is -1.92. The van der Waals surface area contributed by atoms with Gasteiger partial charge in [-0.15, -0.1) is 11.3 Å². The van der Waals surface area contributed by atoms with E-state index in [0.29, 0.717) is 26.5 Å². The number of hydrogen-bond donors (Lipinski definition) is 1. The Balaban J connectivity index is 1.78. The molecule has 1 aromatic carbocycles. The van der Waals surface area contributed by atoms with E-state index < -0.39 is 0 Å². The van der Waals surface area contributed by atoms with Crippen molar-refractivity contribution in [3.63, 3.8) is 0 Å². The molecule has 0 spiro atoms. The summed E-state index contributed by atoms with van der Waals surface area (Å²) >= 11 is 7.43. The minimum absolute atomic E-state index is 0.106. The summed E-state index contributed by atoms with van der Waals surface area (Å²) in [5.41, 5.74) is 0. The van der Waals surface area contributed by atoms with Crippen molar-refractivity contribution < 1.29 is 9.18 Å². The first kappa shape index (κ1) is 15.0. The van der Waals surface area contributed by atoms with Gasteiger partial charge in [0.25, 0.3) is 5.91 Å². The Morgan fingerprint density at radius 3 is 3.09 bits per heavy atom. The van der Waals surface area contributed by atoms with Gasteiger partial charge in [-0.1, -0.05) is 11.6 Å². The monoisotopic (exact) mass is 337 g/mol. The average Bonchev–Trinajstić information content (AvgIpc) is 3.07. The third-order valence-electron chi connectivity index (χ3n) is 3.20. The van der Waals surface area contributed by atoms with Gasteiger partial charge in [0.1, 0.15) is 10.7 Å². The maximum absolute atomic E-state index is 13.3. The van der Waals surface area contributed by atoms with Crippen molar-refractivity contribution in [2.45, 2.75) is 19.5 Å². The van der Waals surface area contributed by atoms with E-state index in [0.717, 1.165) is 0 Å². The van der Waals surface area contributed by atoms with E-state index in [1.165, 1.54) is 23.5 Å². The van der Waals surface area contributed by atoms with Crippen LogP contribution in [0.1, 0.15) is 16.6 Å². The Bertz CT molecular complexity index is 816. The first-order chi connectivity index (χ1) is 10.5. The number of thiophene rings is 1. The van der Waals surface area contributed by atoms with Crippen LogP contribution in [0.4, 0.5) is 4.39 Å². The summed E-state index contributed by atoms with van der Waals surface area (Å²) in [4.78, 5) is 12.7. The summed E-state index contributed by atoms with van der Waals surface area (Å²) in [5, 5.41) is 8.04. The molecule has 4 nitrogen and oxygen atoms in total. The topological polar surface area (TPSA) is 46.9 Å². The molecule has 1 atom stereocenters. The normalized spacial score (nSPS) is 12.5. The lowest BCUT2D eigenvalue weighted by Crippen LogP contribution is -2.35. The molecular formula is C15H13ClFN3OS. The molecule has 0 bridgehead atoms. The molecule has 1 N–H and O–H groups in total. The van der Waals surface area contributed by atoms with Crippen LogP contribution >= 0.6 is 22.9 Å². The van der Waals surface area contributed by atoms with Gasteiger partial charge in [0.05, 0.1) is 11.6 Å². The number of carbonyl (C=O) groups excluding carboxylic acids is 1. The van der Waals surface area contributed by atoms with Crippen LogP contribution in [0.25, 0.3) is 10.1 Å². The summed E-state index contributed by atoms with van der Waals surface area (Å²) in [6.07, 6.45) is 3.52. The molecule has 22 heavy (non-hydrogen) atoms. The van der Waals surface area contributed by atoms with Gasteiger partial charge in [0.2, 0.25) is 0 Å². The molecule has 0 fully saturated rings. The van der Waals surface area contributed by atoms with Gasteiger partial charge in [0, 0.05) is 28.5 Å². The zero-order valence-corrected chi connectivity index (χ0v) is 13.3. The van der Waals surface area contributed by atoms with Gasteiger partial charge in [-0.3, -0.25) is 9.48 Å². The molecular weight excluding hydrogens is 325 g/mol. The summed E-state index contributed by atoms with van der Waals surface area (Å²) in [7, 11) is 0. The number of nitrogens with zero attached hydrogens (tertiary/aromatic N) is 2. The third-order valence-corrected chi connectivity index (χ3v) is 4.85. The van der Waals surface area contributed by atoms with Crippen LogP contribution < -0.4 is 5.32 Å². The standard InChI is InChI=1S/C15H13ClFN3OS/c1-9(8-20-6-2-5-18-20)19-15(21)14-13(16)11-4-3-10(17)7-12(11)22-14/h2-7,9H,8H2,1H3,(H,19,21)/t9-/m1/s1. The second-order valence-electron chi connectivity index (χ2n) is 4.99. The first-order valence-corrected chi connectivity index (χ1v) is 7.90. The van der Waals surface area contributed by atoms with E-state index >= 15 is 0 Å². The minimum Gasteiger partial charge on any atom is -0.347 e. The molecule has 0 aliphatic heterocycles. The van der Waals surface area contributed by atoms with Crippen LogP contribution in [-0.4, -0.2) is 21.7 Å². The first-order valence-electron chi connectivity index (χ1n) is 6.70. The number of rotatable bonds is 4. The van der Waals surface area contributed by atoms with E-state index in [9.17, 15) is 9.18 Å². The molecule has 1 amide bonds. The number of amides is 1. The highest BCUT2D eigenvalue weighted by Crippen LogP contribution is 2.35. The molecule has 7 heteroatoms. The number of hydrogen-bond acceptors (Lipinski definition) is 3. The number of fused-ring (bicyclic) bond motifs is 1. The van der Waals surface area contributed by atoms with Crippen molar-refractivity contribution in [2.75, 3.05) is 0 Å². The van der Waals surface area contributed by atoms with Gasteiger partial charge < -0.3 is 5.32 Å². The second kappa shape index (κ2) is 6.06. The smallest absolute Gasteiger partial charge is 0.263 e. The number of benzene rings is 1. The fraction of sp³-hybridized carbons (Fsp3) is 0.200. The number of carbonyl (C=O) groups is 1. The highest BCUT2D eigenvalue weighted by atomic mass is 35.5. The van der Waals surface area contributed by atoms with Crippen molar-refractivity contribution >= 4 is 38.9 Å². The second-order valence-corrected chi connectivity index (χ2v) is 6.42. The van der Waals surface area contributed by atoms with Crippen LogP contribution in [0.3, 0.4) is 0 Å². The highest BCUT2D eigenvalue weighted by molar-refractivity contribution is 7.21. The molecule has 0 radical (unpaired) electrons. The maximum Gasteiger partial charge on any atom is 0.263 e. The molecule has 0 aliphatic rings. The van der Waals surface area contributed by atoms with Crippen molar-refractivity contribution in [3.8, 4) is 0 Å². The average molecular weight is 338 g/mol. The third kappa shape index (κ3) is 2.98. The Morgan fingerprint density at radius 1 is 1.55 bits per heavy atom. The van der Waals surface area contributed by atoms with E-state index in [1.807, 2.05) is 19.2 Å². The molecule has 2 aromatic heterocycles. The summed E-state index contributed by atoms with van der Waals surface area (Å²) in [6, 6.07) is 6.03. The largest absolute Gasteiger partial charge is 0.347 e. The summed E-state index contributed by atoms with van der Waals surface area (Å²) in [5.74, 6) is -0.601. The van der Waals surface area contributed by atoms with Gasteiger partial charge in [-0.2, -0.15) is 5.10 Å². The Kier molecular flexibility index (Phi) is 4.13. The maximum atomic E-state index is 13.3. The van der Waals surface area contributed by atoms with E-state index in [4.69, 9.17) is 11.6 Å². The molecule has 3 aromatic rings. The predicted molar refractivity (Wildman–Crippen MR) is 85.9 cm³/mol. The fourth-order valence-electron chi connectivity index (χ4n) is 2.21. The summed E-state index contributed by atoms with van der Waals surface area (Å²) in [6.45, 7) is 2.45. The lowest BCUT2D eigenvalue weighted by atomic mass is 10.2. The Labute approximate surface area is 135 Å². The molecule has 2 heterocycles. The van der Waals surface area contributed by atoms with Crippen molar-refractivity contribution in [1.29, 1.82) is 0 Å². The molecule has 0 saturated carbocycles. The van der Waals surface area contributed by atoms with Crippen LogP contribution in [0.15, 0.2) is 36.7 Å². The molecule has 114 valence electrons. The minimum atomic E-state index is -0.343. The van der Waals surface area contributed by atoms with Crippen molar-refractivity contribution in [3.05, 3.63) is 52.4 Å². The lowest BCUT2D eigenvalue weighted by molar-refractivity contribution is 0.0940. The lowest BCUT2D eigenvalue weighted by Gasteiger charge is -2.13. The number of halogens is 2. The van der Waals surface area contributed by atoms with Gasteiger partial charge in [-0.25, -0.2) is 4.39 Å². The van der Waals surface area contributed by atoms with E-state index in [1.54, 1.807) is 16.9 Å². The predicted octanol–water partition coefficient (Wildman–Crippen LogP) is 3.71. The van der Waals surface area contributed by atoms with Crippen LogP contribution in [0.5, 0.6) is 0 Å². The van der Waals surface area contributed by atoms with Crippen molar-refractivity contribution in [2.24, 2.45) is 0 Å². The van der Waals surface area contributed by atoms with Crippen molar-refractivity contribution in [1.82, 2.24) is 15.1 Å². The highest BCUT2D eigenvalue weighted by Gasteiger charge is 2.19. The molecule has 0 aliphatic carbocycles. The van der Waals surface area contributed by atoms with Crippen LogP contribution in [0.2, 0.25) is 5.02 Å². The molecule has 0 unspecified atom stereocenters. The summed E-state index contributed by atoms with van der Waals surface area (Å²) < 4.78 is 15.7. The van der Waals surface area contributed by atoms with E-state index in [-0.39, 0.29) is 17.8 Å². The quantitative estimate of drug-likeness (QED) is 0.789. The number of nitrogens with one attached hydrogen (secondary N) is 1. The number of aromatic nitrogens is 2. The molecule has 3 rings (SSSR count). The zero-order valence-electron chi connectivity index (χ0n) is 11.7. The fourth-order valence-corrected chi connectivity index (χ4v) is 3.65. The Morgan fingerprint density at radius 2 is 2.36 bits per heavy atom. The van der Waals surface area contributed by atoms with Crippen LogP contribution in [-0.2, 0) is 6.54 Å². The molecule has 0 saturated heterocycles. The van der Waals surface area contributed by atoms with Gasteiger partial charge in [-0.05, 0) is 31.2 Å². The van der Waals surface area contributed by atoms with Gasteiger partial charge >= 0.3 is 0 Å². The SMILES string of the molecule is C[C@H](Cn1cccn1)NC(=O)c1sc2cc(F)ccc2c1Cl.